The lowest BCUT2D eigenvalue weighted by molar-refractivity contribution is -0.121. The van der Waals surface area contributed by atoms with Crippen molar-refractivity contribution in [2.45, 2.75) is 20.8 Å². The minimum absolute atomic E-state index is 0.0984. The van der Waals surface area contributed by atoms with Crippen LogP contribution < -0.4 is 11.1 Å². The molecule has 0 spiro atoms. The second kappa shape index (κ2) is 5.03. The van der Waals surface area contributed by atoms with Crippen molar-refractivity contribution in [2.24, 2.45) is 16.3 Å². The van der Waals surface area contributed by atoms with E-state index in [1.54, 1.807) is 19.1 Å². The van der Waals surface area contributed by atoms with E-state index in [0.29, 0.717) is 5.56 Å². The van der Waals surface area contributed by atoms with Gasteiger partial charge in [-0.25, -0.2) is 4.39 Å². The number of carbonyl (C=O) groups excluding carboxylic acids is 1. The Morgan fingerprint density at radius 2 is 2.11 bits per heavy atom. The molecule has 1 aromatic rings. The van der Waals surface area contributed by atoms with Crippen molar-refractivity contribution in [2.75, 3.05) is 5.32 Å². The number of benzene rings is 1. The van der Waals surface area contributed by atoms with Crippen LogP contribution in [-0.2, 0) is 4.79 Å². The predicted octanol–water partition coefficient (Wildman–Crippen LogP) is 1.85. The molecular weight excluding hydrogens is 237 g/mol. The highest BCUT2D eigenvalue weighted by atomic mass is 19.1. The summed E-state index contributed by atoms with van der Waals surface area (Å²) in [6, 6.07) is 4.48. The molecule has 5 nitrogen and oxygen atoms in total. The summed E-state index contributed by atoms with van der Waals surface area (Å²) >= 11 is 0. The lowest BCUT2D eigenvalue weighted by Gasteiger charge is -2.22. The van der Waals surface area contributed by atoms with Gasteiger partial charge in [0.15, 0.2) is 5.84 Å². The number of para-hydroxylation sites is 1. The molecule has 0 radical (unpaired) electrons. The first-order valence-electron chi connectivity index (χ1n) is 5.35. The van der Waals surface area contributed by atoms with Crippen LogP contribution in [0.4, 0.5) is 10.1 Å². The molecule has 1 aromatic carbocycles. The molecular formula is C12H16FN3O2. The Bertz CT molecular complexity index is 478. The number of aryl methyl sites for hydroxylation is 1. The highest BCUT2D eigenvalue weighted by Gasteiger charge is 2.33. The summed E-state index contributed by atoms with van der Waals surface area (Å²) < 4.78 is 13.6. The van der Waals surface area contributed by atoms with Gasteiger partial charge in [0.1, 0.15) is 11.2 Å². The minimum Gasteiger partial charge on any atom is -0.409 e. The number of nitrogens with one attached hydrogen (secondary N) is 1. The predicted molar refractivity (Wildman–Crippen MR) is 67.0 cm³/mol. The minimum atomic E-state index is -1.23. The maximum atomic E-state index is 13.6. The van der Waals surface area contributed by atoms with E-state index in [2.05, 4.69) is 10.5 Å². The van der Waals surface area contributed by atoms with Gasteiger partial charge in [-0.2, -0.15) is 0 Å². The van der Waals surface area contributed by atoms with Crippen LogP contribution in [0, 0.1) is 18.2 Å². The molecule has 1 rings (SSSR count). The number of halogens is 1. The molecule has 0 fully saturated rings. The van der Waals surface area contributed by atoms with Gasteiger partial charge >= 0.3 is 0 Å². The monoisotopic (exact) mass is 253 g/mol. The molecule has 0 aliphatic rings. The molecule has 0 aliphatic heterocycles. The number of nitrogens with zero attached hydrogens (tertiary/aromatic N) is 1. The Morgan fingerprint density at radius 3 is 2.61 bits per heavy atom. The molecule has 0 atom stereocenters. The van der Waals surface area contributed by atoms with E-state index in [1.807, 2.05) is 0 Å². The fraction of sp³-hybridized carbons (Fsp3) is 0.333. The SMILES string of the molecule is Cc1cccc(F)c1NC(=O)C(C)(C)/C(N)=N/O. The molecule has 1 amide bonds. The quantitative estimate of drug-likeness (QED) is 0.332. The Morgan fingerprint density at radius 1 is 1.50 bits per heavy atom. The highest BCUT2D eigenvalue weighted by molar-refractivity contribution is 6.11. The number of hydrogen-bond acceptors (Lipinski definition) is 3. The van der Waals surface area contributed by atoms with E-state index in [9.17, 15) is 9.18 Å². The van der Waals surface area contributed by atoms with Crippen LogP contribution in [0.3, 0.4) is 0 Å². The molecule has 0 heterocycles. The Labute approximate surface area is 104 Å². The largest absolute Gasteiger partial charge is 0.409 e. The zero-order valence-corrected chi connectivity index (χ0v) is 10.5. The second-order valence-corrected chi connectivity index (χ2v) is 4.50. The van der Waals surface area contributed by atoms with Crippen molar-refractivity contribution < 1.29 is 14.4 Å². The average Bonchev–Trinajstić information content (AvgIpc) is 2.32. The van der Waals surface area contributed by atoms with Gasteiger partial charge in [0.05, 0.1) is 5.69 Å². The fourth-order valence-electron chi connectivity index (χ4n) is 1.30. The molecule has 4 N–H and O–H groups in total. The van der Waals surface area contributed by atoms with Gasteiger partial charge in [0.25, 0.3) is 0 Å². The van der Waals surface area contributed by atoms with Crippen molar-refractivity contribution in [3.8, 4) is 0 Å². The molecule has 0 saturated carbocycles. The number of rotatable bonds is 3. The number of amides is 1. The molecule has 0 bridgehead atoms. The van der Waals surface area contributed by atoms with E-state index < -0.39 is 17.1 Å². The van der Waals surface area contributed by atoms with Crippen molar-refractivity contribution in [3.63, 3.8) is 0 Å². The van der Waals surface area contributed by atoms with Gasteiger partial charge in [-0.3, -0.25) is 4.79 Å². The number of carbonyl (C=O) groups is 1. The molecule has 0 unspecified atom stereocenters. The van der Waals surface area contributed by atoms with E-state index in [4.69, 9.17) is 10.9 Å². The summed E-state index contributed by atoms with van der Waals surface area (Å²) in [5, 5.41) is 13.9. The standard InChI is InChI=1S/C12H16FN3O2/c1-7-5-4-6-8(13)9(7)15-11(17)12(2,3)10(14)16-18/h4-6,18H,1-3H3,(H2,14,16)(H,15,17). The first-order chi connectivity index (χ1) is 8.30. The van der Waals surface area contributed by atoms with E-state index in [1.165, 1.54) is 19.9 Å². The Kier molecular flexibility index (Phi) is 3.90. The van der Waals surface area contributed by atoms with Crippen LogP contribution >= 0.6 is 0 Å². The highest BCUT2D eigenvalue weighted by Crippen LogP contribution is 2.23. The molecule has 0 aromatic heterocycles. The van der Waals surface area contributed by atoms with Crippen molar-refractivity contribution >= 4 is 17.4 Å². The van der Waals surface area contributed by atoms with Crippen LogP contribution in [0.15, 0.2) is 23.4 Å². The lowest BCUT2D eigenvalue weighted by Crippen LogP contribution is -2.42. The number of hydrogen-bond donors (Lipinski definition) is 3. The molecule has 0 saturated heterocycles. The maximum absolute atomic E-state index is 13.6. The van der Waals surface area contributed by atoms with Crippen LogP contribution in [0.25, 0.3) is 0 Å². The zero-order chi connectivity index (χ0) is 13.9. The van der Waals surface area contributed by atoms with Crippen molar-refractivity contribution in [3.05, 3.63) is 29.6 Å². The maximum Gasteiger partial charge on any atom is 0.237 e. The number of amidine groups is 1. The van der Waals surface area contributed by atoms with Crippen LogP contribution in [0.5, 0.6) is 0 Å². The van der Waals surface area contributed by atoms with Gasteiger partial charge in [0.2, 0.25) is 5.91 Å². The van der Waals surface area contributed by atoms with Gasteiger partial charge in [-0.05, 0) is 32.4 Å². The molecule has 0 aliphatic carbocycles. The van der Waals surface area contributed by atoms with Crippen LogP contribution in [0.1, 0.15) is 19.4 Å². The van der Waals surface area contributed by atoms with Crippen LogP contribution in [-0.4, -0.2) is 17.0 Å². The van der Waals surface area contributed by atoms with Crippen LogP contribution in [0.2, 0.25) is 0 Å². The average molecular weight is 253 g/mol. The van der Waals surface area contributed by atoms with E-state index >= 15 is 0 Å². The smallest absolute Gasteiger partial charge is 0.237 e. The summed E-state index contributed by atoms with van der Waals surface area (Å²) in [6.07, 6.45) is 0. The first kappa shape index (κ1) is 14.0. The molecule has 98 valence electrons. The summed E-state index contributed by atoms with van der Waals surface area (Å²) in [4.78, 5) is 12.0. The summed E-state index contributed by atoms with van der Waals surface area (Å²) in [5.41, 5.74) is 4.89. The third-order valence-electron chi connectivity index (χ3n) is 2.78. The summed E-state index contributed by atoms with van der Waals surface area (Å²) in [7, 11) is 0. The fourth-order valence-corrected chi connectivity index (χ4v) is 1.30. The summed E-state index contributed by atoms with van der Waals surface area (Å²) in [6.45, 7) is 4.64. The zero-order valence-electron chi connectivity index (χ0n) is 10.5. The van der Waals surface area contributed by atoms with Crippen molar-refractivity contribution in [1.29, 1.82) is 0 Å². The normalized spacial score (nSPS) is 12.3. The van der Waals surface area contributed by atoms with Crippen molar-refractivity contribution in [1.82, 2.24) is 0 Å². The number of oxime groups is 1. The first-order valence-corrected chi connectivity index (χ1v) is 5.35. The Hall–Kier alpha value is -2.11. The number of nitrogens with two attached hydrogens (primary N) is 1. The lowest BCUT2D eigenvalue weighted by atomic mass is 9.90. The third-order valence-corrected chi connectivity index (χ3v) is 2.78. The van der Waals surface area contributed by atoms with E-state index in [-0.39, 0.29) is 11.5 Å². The second-order valence-electron chi connectivity index (χ2n) is 4.50. The Balaban J connectivity index is 3.02. The molecule has 18 heavy (non-hydrogen) atoms. The topological polar surface area (TPSA) is 87.7 Å². The van der Waals surface area contributed by atoms with E-state index in [0.717, 1.165) is 0 Å². The van der Waals surface area contributed by atoms with Gasteiger partial charge in [-0.1, -0.05) is 17.3 Å². The third kappa shape index (κ3) is 2.58. The summed E-state index contributed by atoms with van der Waals surface area (Å²) in [5.74, 6) is -1.32. The molecule has 6 heteroatoms. The van der Waals surface area contributed by atoms with Gasteiger partial charge in [-0.15, -0.1) is 0 Å². The van der Waals surface area contributed by atoms with Gasteiger partial charge in [0, 0.05) is 0 Å². The van der Waals surface area contributed by atoms with Gasteiger partial charge < -0.3 is 16.3 Å². The number of anilines is 1.